The quantitative estimate of drug-likeness (QED) is 0.571. The second kappa shape index (κ2) is 8.34. The summed E-state index contributed by atoms with van der Waals surface area (Å²) < 4.78 is 6.50. The van der Waals surface area contributed by atoms with E-state index in [1.165, 1.54) is 9.13 Å². The fraction of sp³-hybridized carbons (Fsp3) is 0.500. The van der Waals surface area contributed by atoms with Crippen molar-refractivity contribution in [2.45, 2.75) is 26.7 Å². The van der Waals surface area contributed by atoms with Gasteiger partial charge in [0.1, 0.15) is 0 Å². The van der Waals surface area contributed by atoms with Crippen molar-refractivity contribution in [2.24, 2.45) is 0 Å². The van der Waals surface area contributed by atoms with Crippen molar-refractivity contribution in [1.29, 1.82) is 0 Å². The summed E-state index contributed by atoms with van der Waals surface area (Å²) in [5, 5.41) is 0. The van der Waals surface area contributed by atoms with Crippen LogP contribution in [0, 0.1) is 3.57 Å². The van der Waals surface area contributed by atoms with Gasteiger partial charge >= 0.3 is 6.09 Å². The third kappa shape index (κ3) is 4.84. The zero-order valence-electron chi connectivity index (χ0n) is 11.0. The van der Waals surface area contributed by atoms with Crippen LogP contribution in [0.15, 0.2) is 24.3 Å². The number of carbonyl (C=O) groups is 1. The minimum Gasteiger partial charge on any atom is -0.449 e. The van der Waals surface area contributed by atoms with Crippen LogP contribution in [0.25, 0.3) is 0 Å². The Kier molecular flexibility index (Phi) is 7.08. The van der Waals surface area contributed by atoms with Gasteiger partial charge in [0.2, 0.25) is 0 Å². The highest BCUT2D eigenvalue weighted by Crippen LogP contribution is 2.13. The Labute approximate surface area is 123 Å². The van der Waals surface area contributed by atoms with Crippen LogP contribution in [0.4, 0.5) is 4.79 Å². The summed E-state index contributed by atoms with van der Waals surface area (Å²) in [5.74, 6) is 0. The molecule has 0 radical (unpaired) electrons. The number of aryl methyl sites for hydroxylation is 1. The standard InChI is InChI=1S/C14H20INO2/c1-3-16(4-2)14(17)18-11-7-9-12-8-5-6-10-13(12)15/h5-6,8,10H,3-4,7,9,11H2,1-2H3. The molecule has 0 aliphatic rings. The van der Waals surface area contributed by atoms with E-state index < -0.39 is 0 Å². The molecule has 0 atom stereocenters. The summed E-state index contributed by atoms with van der Waals surface area (Å²) in [4.78, 5) is 13.3. The minimum atomic E-state index is -0.206. The van der Waals surface area contributed by atoms with Gasteiger partial charge in [-0.05, 0) is 60.9 Å². The Morgan fingerprint density at radius 1 is 1.28 bits per heavy atom. The van der Waals surface area contributed by atoms with Crippen molar-refractivity contribution in [3.8, 4) is 0 Å². The van der Waals surface area contributed by atoms with Crippen LogP contribution in [0.2, 0.25) is 0 Å². The van der Waals surface area contributed by atoms with Crippen LogP contribution in [0.3, 0.4) is 0 Å². The van der Waals surface area contributed by atoms with Crippen LogP contribution in [0.1, 0.15) is 25.8 Å². The zero-order chi connectivity index (χ0) is 13.4. The van der Waals surface area contributed by atoms with Gasteiger partial charge in [-0.3, -0.25) is 0 Å². The SMILES string of the molecule is CCN(CC)C(=O)OCCCc1ccccc1I. The molecular formula is C14H20INO2. The van der Waals surface area contributed by atoms with Gasteiger partial charge in [-0.2, -0.15) is 0 Å². The van der Waals surface area contributed by atoms with E-state index in [4.69, 9.17) is 4.74 Å². The maximum absolute atomic E-state index is 11.6. The van der Waals surface area contributed by atoms with Crippen LogP contribution >= 0.6 is 22.6 Å². The normalized spacial score (nSPS) is 10.2. The van der Waals surface area contributed by atoms with E-state index in [0.29, 0.717) is 19.7 Å². The van der Waals surface area contributed by atoms with Crippen LogP contribution in [-0.4, -0.2) is 30.7 Å². The first-order chi connectivity index (χ1) is 8.69. The Hall–Kier alpha value is -0.780. The summed E-state index contributed by atoms with van der Waals surface area (Å²) in [5.41, 5.74) is 1.32. The molecule has 1 aromatic rings. The number of nitrogens with zero attached hydrogens (tertiary/aromatic N) is 1. The molecule has 0 bridgehead atoms. The highest BCUT2D eigenvalue weighted by molar-refractivity contribution is 14.1. The number of rotatable bonds is 6. The van der Waals surface area contributed by atoms with Gasteiger partial charge in [0.05, 0.1) is 6.61 Å². The number of hydrogen-bond acceptors (Lipinski definition) is 2. The van der Waals surface area contributed by atoms with Crippen molar-refractivity contribution in [3.05, 3.63) is 33.4 Å². The topological polar surface area (TPSA) is 29.5 Å². The van der Waals surface area contributed by atoms with Gasteiger partial charge in [-0.15, -0.1) is 0 Å². The largest absolute Gasteiger partial charge is 0.449 e. The molecule has 0 heterocycles. The monoisotopic (exact) mass is 361 g/mol. The molecule has 1 aromatic carbocycles. The molecule has 0 aromatic heterocycles. The summed E-state index contributed by atoms with van der Waals surface area (Å²) in [6.45, 7) is 5.80. The van der Waals surface area contributed by atoms with E-state index in [1.54, 1.807) is 4.90 Å². The molecule has 18 heavy (non-hydrogen) atoms. The fourth-order valence-electron chi connectivity index (χ4n) is 1.70. The lowest BCUT2D eigenvalue weighted by Crippen LogP contribution is -2.31. The second-order valence-electron chi connectivity index (χ2n) is 3.98. The number of amides is 1. The van der Waals surface area contributed by atoms with Gasteiger partial charge in [0, 0.05) is 16.7 Å². The highest BCUT2D eigenvalue weighted by Gasteiger charge is 2.09. The summed E-state index contributed by atoms with van der Waals surface area (Å²) >= 11 is 2.33. The molecule has 0 aliphatic heterocycles. The van der Waals surface area contributed by atoms with Crippen molar-refractivity contribution in [3.63, 3.8) is 0 Å². The third-order valence-electron chi connectivity index (χ3n) is 2.80. The predicted molar refractivity (Wildman–Crippen MR) is 81.7 cm³/mol. The Morgan fingerprint density at radius 3 is 2.56 bits per heavy atom. The number of hydrogen-bond donors (Lipinski definition) is 0. The number of halogens is 1. The molecule has 0 aliphatic carbocycles. The smallest absolute Gasteiger partial charge is 0.409 e. The maximum atomic E-state index is 11.6. The molecule has 4 heteroatoms. The van der Waals surface area contributed by atoms with Crippen LogP contribution in [-0.2, 0) is 11.2 Å². The summed E-state index contributed by atoms with van der Waals surface area (Å²) in [6, 6.07) is 8.29. The minimum absolute atomic E-state index is 0.206. The molecule has 0 saturated carbocycles. The molecule has 3 nitrogen and oxygen atoms in total. The first-order valence-corrected chi connectivity index (χ1v) is 7.42. The van der Waals surface area contributed by atoms with E-state index in [9.17, 15) is 4.79 Å². The average molecular weight is 361 g/mol. The number of benzene rings is 1. The predicted octanol–water partition coefficient (Wildman–Crippen LogP) is 3.70. The molecule has 0 spiro atoms. The van der Waals surface area contributed by atoms with Gasteiger partial charge in [-0.25, -0.2) is 4.79 Å². The molecule has 0 unspecified atom stereocenters. The van der Waals surface area contributed by atoms with Crippen molar-refractivity contribution in [1.82, 2.24) is 4.90 Å². The molecule has 1 rings (SSSR count). The Bertz CT molecular complexity index is 378. The molecule has 1 amide bonds. The molecule has 0 fully saturated rings. The van der Waals surface area contributed by atoms with E-state index in [1.807, 2.05) is 26.0 Å². The van der Waals surface area contributed by atoms with E-state index in [-0.39, 0.29) is 6.09 Å². The molecular weight excluding hydrogens is 341 g/mol. The van der Waals surface area contributed by atoms with E-state index in [0.717, 1.165) is 12.8 Å². The summed E-state index contributed by atoms with van der Waals surface area (Å²) in [6.07, 6.45) is 1.61. The highest BCUT2D eigenvalue weighted by atomic mass is 127. The lowest BCUT2D eigenvalue weighted by molar-refractivity contribution is 0.105. The Balaban J connectivity index is 2.27. The van der Waals surface area contributed by atoms with Crippen LogP contribution in [0.5, 0.6) is 0 Å². The van der Waals surface area contributed by atoms with E-state index >= 15 is 0 Å². The van der Waals surface area contributed by atoms with E-state index in [2.05, 4.69) is 34.7 Å². The molecule has 100 valence electrons. The maximum Gasteiger partial charge on any atom is 0.409 e. The van der Waals surface area contributed by atoms with Crippen molar-refractivity contribution < 1.29 is 9.53 Å². The van der Waals surface area contributed by atoms with Gasteiger partial charge in [-0.1, -0.05) is 18.2 Å². The number of carbonyl (C=O) groups excluding carboxylic acids is 1. The zero-order valence-corrected chi connectivity index (χ0v) is 13.1. The molecule has 0 saturated heterocycles. The third-order valence-corrected chi connectivity index (χ3v) is 3.85. The van der Waals surface area contributed by atoms with Gasteiger partial charge in [0.15, 0.2) is 0 Å². The van der Waals surface area contributed by atoms with Gasteiger partial charge in [0.25, 0.3) is 0 Å². The fourth-order valence-corrected chi connectivity index (χ4v) is 2.35. The van der Waals surface area contributed by atoms with Crippen molar-refractivity contribution >= 4 is 28.7 Å². The first kappa shape index (κ1) is 15.3. The molecule has 0 N–H and O–H groups in total. The van der Waals surface area contributed by atoms with Crippen molar-refractivity contribution in [2.75, 3.05) is 19.7 Å². The van der Waals surface area contributed by atoms with Gasteiger partial charge < -0.3 is 9.64 Å². The van der Waals surface area contributed by atoms with Crippen LogP contribution < -0.4 is 0 Å². The number of ether oxygens (including phenoxy) is 1. The lowest BCUT2D eigenvalue weighted by Gasteiger charge is -2.18. The second-order valence-corrected chi connectivity index (χ2v) is 5.14. The lowest BCUT2D eigenvalue weighted by atomic mass is 10.1. The average Bonchev–Trinajstić information content (AvgIpc) is 2.38. The summed E-state index contributed by atoms with van der Waals surface area (Å²) in [7, 11) is 0. The first-order valence-electron chi connectivity index (χ1n) is 6.34. The Morgan fingerprint density at radius 2 is 1.94 bits per heavy atom.